The Kier molecular flexibility index (Phi) is 9.21. The van der Waals surface area contributed by atoms with Gasteiger partial charge in [0.05, 0.1) is 18.7 Å². The third kappa shape index (κ3) is 6.86. The minimum absolute atomic E-state index is 0.213. The second-order valence-corrected chi connectivity index (χ2v) is 8.38. The average Bonchev–Trinajstić information content (AvgIpc) is 2.79. The van der Waals surface area contributed by atoms with E-state index in [2.05, 4.69) is 33.4 Å². The first-order valence-corrected chi connectivity index (χ1v) is 11.5. The van der Waals surface area contributed by atoms with E-state index in [0.29, 0.717) is 35.2 Å². The van der Waals surface area contributed by atoms with Crippen molar-refractivity contribution < 1.29 is 18.6 Å². The Bertz CT molecular complexity index is 1030. The molecule has 0 amide bonds. The molecule has 170 valence electrons. The first-order chi connectivity index (χ1) is 15.5. The van der Waals surface area contributed by atoms with Gasteiger partial charge in [-0.3, -0.25) is 0 Å². The van der Waals surface area contributed by atoms with Gasteiger partial charge in [-0.2, -0.15) is 0 Å². The highest BCUT2D eigenvalue weighted by molar-refractivity contribution is 9.10. The Balaban J connectivity index is 1.60. The van der Waals surface area contributed by atoms with Crippen LogP contribution in [0.5, 0.6) is 17.2 Å². The standard InChI is InChI=1S/C25H26BrClFNO3/c1-3-31-24-12-19(15-29-11-10-17-4-8-21(30-2)9-5-17)22(26)14-25(24)32-16-18-6-7-20(28)13-23(18)27/h4-9,12-14,29H,3,10-11,15-16H2,1-2H3. The summed E-state index contributed by atoms with van der Waals surface area (Å²) in [6.45, 7) is 4.17. The summed E-state index contributed by atoms with van der Waals surface area (Å²) in [5.74, 6) is 1.74. The molecule has 0 heterocycles. The van der Waals surface area contributed by atoms with Crippen LogP contribution in [0.3, 0.4) is 0 Å². The number of benzene rings is 3. The van der Waals surface area contributed by atoms with Gasteiger partial charge in [0.15, 0.2) is 11.5 Å². The normalized spacial score (nSPS) is 10.8. The Morgan fingerprint density at radius 3 is 2.41 bits per heavy atom. The molecule has 0 saturated heterocycles. The van der Waals surface area contributed by atoms with E-state index in [1.165, 1.54) is 17.7 Å². The van der Waals surface area contributed by atoms with Crippen molar-refractivity contribution in [2.24, 2.45) is 0 Å². The summed E-state index contributed by atoms with van der Waals surface area (Å²) in [5.41, 5.74) is 3.02. The van der Waals surface area contributed by atoms with Crippen molar-refractivity contribution in [3.63, 3.8) is 0 Å². The van der Waals surface area contributed by atoms with Crippen molar-refractivity contribution in [1.82, 2.24) is 5.32 Å². The van der Waals surface area contributed by atoms with Crippen LogP contribution in [0.15, 0.2) is 59.1 Å². The fourth-order valence-corrected chi connectivity index (χ4v) is 3.82. The van der Waals surface area contributed by atoms with Crippen molar-refractivity contribution in [2.75, 3.05) is 20.3 Å². The van der Waals surface area contributed by atoms with Crippen LogP contribution in [0.25, 0.3) is 0 Å². The van der Waals surface area contributed by atoms with Crippen LogP contribution in [0.1, 0.15) is 23.6 Å². The molecule has 0 radical (unpaired) electrons. The summed E-state index contributed by atoms with van der Waals surface area (Å²) in [5, 5.41) is 3.80. The SMILES string of the molecule is CCOc1cc(CNCCc2ccc(OC)cc2)c(Br)cc1OCc1ccc(F)cc1Cl. The molecule has 3 aromatic rings. The van der Waals surface area contributed by atoms with Crippen molar-refractivity contribution in [3.8, 4) is 17.2 Å². The summed E-state index contributed by atoms with van der Waals surface area (Å²) in [4.78, 5) is 0. The first kappa shape index (κ1) is 24.4. The highest BCUT2D eigenvalue weighted by Gasteiger charge is 2.12. The quantitative estimate of drug-likeness (QED) is 0.290. The van der Waals surface area contributed by atoms with E-state index in [0.717, 1.165) is 28.8 Å². The van der Waals surface area contributed by atoms with Crippen LogP contribution in [-0.2, 0) is 19.6 Å². The number of rotatable bonds is 11. The molecule has 0 saturated carbocycles. The molecule has 0 aliphatic rings. The van der Waals surface area contributed by atoms with Crippen LogP contribution in [0.2, 0.25) is 5.02 Å². The maximum atomic E-state index is 13.3. The highest BCUT2D eigenvalue weighted by Crippen LogP contribution is 2.35. The summed E-state index contributed by atoms with van der Waals surface area (Å²) >= 11 is 9.74. The summed E-state index contributed by atoms with van der Waals surface area (Å²) in [7, 11) is 1.67. The summed E-state index contributed by atoms with van der Waals surface area (Å²) in [6.07, 6.45) is 0.916. The lowest BCUT2D eigenvalue weighted by Crippen LogP contribution is -2.17. The summed E-state index contributed by atoms with van der Waals surface area (Å²) < 4.78 is 31.1. The fraction of sp³-hybridized carbons (Fsp3) is 0.280. The molecule has 0 aliphatic heterocycles. The van der Waals surface area contributed by atoms with Gasteiger partial charge in [0.1, 0.15) is 18.2 Å². The molecule has 1 N–H and O–H groups in total. The third-order valence-electron chi connectivity index (χ3n) is 4.88. The predicted molar refractivity (Wildman–Crippen MR) is 129 cm³/mol. The van der Waals surface area contributed by atoms with Crippen LogP contribution in [0.4, 0.5) is 4.39 Å². The number of hydrogen-bond donors (Lipinski definition) is 1. The second kappa shape index (κ2) is 12.1. The molecule has 32 heavy (non-hydrogen) atoms. The number of methoxy groups -OCH3 is 1. The van der Waals surface area contributed by atoms with Gasteiger partial charge in [0.25, 0.3) is 0 Å². The Morgan fingerprint density at radius 2 is 1.72 bits per heavy atom. The first-order valence-electron chi connectivity index (χ1n) is 10.4. The predicted octanol–water partition coefficient (Wildman–Crippen LogP) is 6.56. The monoisotopic (exact) mass is 521 g/mol. The molecule has 3 aromatic carbocycles. The van der Waals surface area contributed by atoms with Gasteiger partial charge in [0.2, 0.25) is 0 Å². The topological polar surface area (TPSA) is 39.7 Å². The van der Waals surface area contributed by atoms with E-state index in [1.807, 2.05) is 31.2 Å². The second-order valence-electron chi connectivity index (χ2n) is 7.12. The number of halogens is 3. The van der Waals surface area contributed by atoms with Crippen molar-refractivity contribution in [1.29, 1.82) is 0 Å². The molecule has 0 aliphatic carbocycles. The molecule has 0 aromatic heterocycles. The molecule has 0 atom stereocenters. The summed E-state index contributed by atoms with van der Waals surface area (Å²) in [6, 6.07) is 16.2. The van der Waals surface area contributed by atoms with Gasteiger partial charge >= 0.3 is 0 Å². The van der Waals surface area contributed by atoms with Gasteiger partial charge in [-0.05, 0) is 67.4 Å². The third-order valence-corrected chi connectivity index (χ3v) is 5.97. The average molecular weight is 523 g/mol. The molecule has 7 heteroatoms. The Morgan fingerprint density at radius 1 is 0.969 bits per heavy atom. The highest BCUT2D eigenvalue weighted by atomic mass is 79.9. The van der Waals surface area contributed by atoms with E-state index in [-0.39, 0.29) is 12.4 Å². The van der Waals surface area contributed by atoms with E-state index in [4.69, 9.17) is 25.8 Å². The Labute approximate surface area is 201 Å². The zero-order chi connectivity index (χ0) is 22.9. The van der Waals surface area contributed by atoms with Gasteiger partial charge < -0.3 is 19.5 Å². The molecule has 0 fully saturated rings. The van der Waals surface area contributed by atoms with Gasteiger partial charge in [-0.25, -0.2) is 4.39 Å². The minimum atomic E-state index is -0.375. The van der Waals surface area contributed by atoms with Crippen LogP contribution in [-0.4, -0.2) is 20.3 Å². The van der Waals surface area contributed by atoms with Crippen LogP contribution < -0.4 is 19.5 Å². The molecular formula is C25H26BrClFNO3. The maximum absolute atomic E-state index is 13.3. The lowest BCUT2D eigenvalue weighted by Gasteiger charge is -2.16. The van der Waals surface area contributed by atoms with Crippen molar-refractivity contribution >= 4 is 27.5 Å². The van der Waals surface area contributed by atoms with Crippen molar-refractivity contribution in [2.45, 2.75) is 26.5 Å². The van der Waals surface area contributed by atoms with Crippen LogP contribution >= 0.6 is 27.5 Å². The van der Waals surface area contributed by atoms with Crippen molar-refractivity contribution in [3.05, 3.63) is 86.6 Å². The molecule has 0 spiro atoms. The van der Waals surface area contributed by atoms with E-state index >= 15 is 0 Å². The molecule has 0 bridgehead atoms. The molecule has 4 nitrogen and oxygen atoms in total. The lowest BCUT2D eigenvalue weighted by atomic mass is 10.1. The van der Waals surface area contributed by atoms with Gasteiger partial charge in [-0.1, -0.05) is 45.7 Å². The number of hydrogen-bond acceptors (Lipinski definition) is 4. The van der Waals surface area contributed by atoms with Gasteiger partial charge in [0, 0.05) is 16.6 Å². The maximum Gasteiger partial charge on any atom is 0.162 e. The zero-order valence-corrected chi connectivity index (χ0v) is 20.4. The molecular weight excluding hydrogens is 497 g/mol. The van der Waals surface area contributed by atoms with E-state index in [9.17, 15) is 4.39 Å². The molecule has 0 unspecified atom stereocenters. The number of nitrogens with one attached hydrogen (secondary N) is 1. The Hall–Kier alpha value is -2.28. The molecule has 3 rings (SSSR count). The number of ether oxygens (including phenoxy) is 3. The van der Waals surface area contributed by atoms with Gasteiger partial charge in [-0.15, -0.1) is 0 Å². The fourth-order valence-electron chi connectivity index (χ4n) is 3.14. The van der Waals surface area contributed by atoms with E-state index in [1.54, 1.807) is 13.2 Å². The minimum Gasteiger partial charge on any atom is -0.497 e. The zero-order valence-electron chi connectivity index (χ0n) is 18.1. The lowest BCUT2D eigenvalue weighted by molar-refractivity contribution is 0.269. The van der Waals surface area contributed by atoms with Crippen LogP contribution in [0, 0.1) is 5.82 Å². The smallest absolute Gasteiger partial charge is 0.162 e. The largest absolute Gasteiger partial charge is 0.497 e. The van der Waals surface area contributed by atoms with E-state index < -0.39 is 0 Å².